The van der Waals surface area contributed by atoms with Gasteiger partial charge in [0, 0.05) is 24.0 Å². The van der Waals surface area contributed by atoms with Crippen LogP contribution >= 0.6 is 0 Å². The van der Waals surface area contributed by atoms with Gasteiger partial charge in [-0.1, -0.05) is 62.4 Å². The molecule has 1 saturated heterocycles. The molecule has 1 aliphatic rings. The molecule has 0 aliphatic carbocycles. The first-order chi connectivity index (χ1) is 14.9. The number of carbonyl (C=O) groups excluding carboxylic acids is 2. The number of pyridine rings is 1. The van der Waals surface area contributed by atoms with Crippen LogP contribution < -0.4 is 0 Å². The van der Waals surface area contributed by atoms with Crippen LogP contribution in [0.15, 0.2) is 54.6 Å². The molecule has 1 amide bonds. The van der Waals surface area contributed by atoms with E-state index in [1.165, 1.54) is 0 Å². The summed E-state index contributed by atoms with van der Waals surface area (Å²) in [6, 6.07) is 17.3. The Morgan fingerprint density at radius 3 is 2.35 bits per heavy atom. The Kier molecular flexibility index (Phi) is 6.03. The van der Waals surface area contributed by atoms with E-state index in [2.05, 4.69) is 13.8 Å². The van der Waals surface area contributed by atoms with E-state index in [-0.39, 0.29) is 12.5 Å². The van der Waals surface area contributed by atoms with Gasteiger partial charge in [0.2, 0.25) is 0 Å². The van der Waals surface area contributed by atoms with Crippen LogP contribution in [0.3, 0.4) is 0 Å². The molecule has 1 fully saturated rings. The lowest BCUT2D eigenvalue weighted by Crippen LogP contribution is -2.44. The first-order valence-electron chi connectivity index (χ1n) is 10.8. The van der Waals surface area contributed by atoms with Crippen molar-refractivity contribution in [3.63, 3.8) is 0 Å². The highest BCUT2D eigenvalue weighted by atomic mass is 16.5. The predicted octanol–water partition coefficient (Wildman–Crippen LogP) is 4.87. The Balaban J connectivity index is 1.62. The van der Waals surface area contributed by atoms with Crippen molar-refractivity contribution in [2.45, 2.75) is 27.2 Å². The monoisotopic (exact) mass is 416 g/mol. The summed E-state index contributed by atoms with van der Waals surface area (Å²) in [5.41, 5.74) is 3.63. The normalized spacial score (nSPS) is 18.7. The third-order valence-electron chi connectivity index (χ3n) is 5.94. The fourth-order valence-corrected chi connectivity index (χ4v) is 4.60. The topological polar surface area (TPSA) is 59.5 Å². The van der Waals surface area contributed by atoms with Gasteiger partial charge in [-0.25, -0.2) is 9.78 Å². The van der Waals surface area contributed by atoms with Gasteiger partial charge in [-0.05, 0) is 36.8 Å². The maximum absolute atomic E-state index is 13.2. The highest BCUT2D eigenvalue weighted by Gasteiger charge is 2.27. The van der Waals surface area contributed by atoms with Crippen LogP contribution in [0.1, 0.15) is 36.2 Å². The number of piperidine rings is 1. The van der Waals surface area contributed by atoms with Gasteiger partial charge in [-0.3, -0.25) is 4.79 Å². The molecule has 2 heterocycles. The van der Waals surface area contributed by atoms with E-state index in [0.717, 1.165) is 47.2 Å². The number of benzene rings is 2. The average molecular weight is 417 g/mol. The summed E-state index contributed by atoms with van der Waals surface area (Å²) >= 11 is 0. The summed E-state index contributed by atoms with van der Waals surface area (Å²) in [7, 11) is 0. The first-order valence-corrected chi connectivity index (χ1v) is 10.8. The Hall–Kier alpha value is -3.21. The molecule has 5 nitrogen and oxygen atoms in total. The van der Waals surface area contributed by atoms with Crippen molar-refractivity contribution in [3.8, 4) is 11.3 Å². The zero-order valence-electron chi connectivity index (χ0n) is 18.3. The fraction of sp³-hybridized carbons (Fsp3) is 0.346. The molecule has 0 spiro atoms. The molecule has 5 heteroatoms. The van der Waals surface area contributed by atoms with Crippen LogP contribution in [0.4, 0.5) is 0 Å². The lowest BCUT2D eigenvalue weighted by molar-refractivity contribution is -0.137. The van der Waals surface area contributed by atoms with Crippen molar-refractivity contribution < 1.29 is 14.3 Å². The minimum absolute atomic E-state index is 0.133. The number of rotatable bonds is 4. The number of esters is 1. The van der Waals surface area contributed by atoms with Gasteiger partial charge in [0.1, 0.15) is 0 Å². The molecule has 3 aromatic rings. The number of nitrogens with zero attached hydrogens (tertiary/aromatic N) is 2. The van der Waals surface area contributed by atoms with Crippen LogP contribution in [0.2, 0.25) is 0 Å². The second-order valence-electron chi connectivity index (χ2n) is 8.66. The van der Waals surface area contributed by atoms with Gasteiger partial charge in [0.15, 0.2) is 6.61 Å². The average Bonchev–Trinajstić information content (AvgIpc) is 2.76. The Morgan fingerprint density at radius 2 is 1.65 bits per heavy atom. The summed E-state index contributed by atoms with van der Waals surface area (Å²) in [6.07, 6.45) is 1.12. The molecule has 2 aromatic carbocycles. The zero-order chi connectivity index (χ0) is 22.0. The van der Waals surface area contributed by atoms with Crippen LogP contribution in [-0.4, -0.2) is 41.5 Å². The lowest BCUT2D eigenvalue weighted by Gasteiger charge is -2.34. The van der Waals surface area contributed by atoms with E-state index in [4.69, 9.17) is 9.72 Å². The number of likely N-dealkylation sites (tertiary alicyclic amines) is 1. The zero-order valence-corrected chi connectivity index (χ0v) is 18.3. The Morgan fingerprint density at radius 1 is 1.00 bits per heavy atom. The van der Waals surface area contributed by atoms with Crippen molar-refractivity contribution in [3.05, 3.63) is 65.7 Å². The molecule has 31 heavy (non-hydrogen) atoms. The van der Waals surface area contributed by atoms with Crippen molar-refractivity contribution >= 4 is 22.8 Å². The molecule has 0 saturated carbocycles. The highest BCUT2D eigenvalue weighted by molar-refractivity contribution is 6.06. The van der Waals surface area contributed by atoms with E-state index < -0.39 is 5.97 Å². The minimum Gasteiger partial charge on any atom is -0.452 e. The summed E-state index contributed by atoms with van der Waals surface area (Å²) in [6.45, 7) is 7.38. The molecule has 0 radical (unpaired) electrons. The Bertz CT molecular complexity index is 1100. The summed E-state index contributed by atoms with van der Waals surface area (Å²) in [5.74, 6) is 0.303. The van der Waals surface area contributed by atoms with Crippen LogP contribution in [0.25, 0.3) is 22.2 Å². The van der Waals surface area contributed by atoms with Crippen molar-refractivity contribution in [2.75, 3.05) is 19.7 Å². The fourth-order valence-electron chi connectivity index (χ4n) is 4.60. The molecule has 4 rings (SSSR count). The van der Waals surface area contributed by atoms with E-state index in [9.17, 15) is 9.59 Å². The maximum atomic E-state index is 13.2. The standard InChI is InChI=1S/C26H28N2O3/c1-17-13-18(2)15-28(14-17)23(29)16-31-26(30)24-19(3)25(20-9-5-4-6-10-20)27-22-12-8-7-11-21(22)24/h4-12,17-18H,13-16H2,1-3H3/t17-,18+. The number of amides is 1. The molecule has 1 aromatic heterocycles. The molecule has 1 aliphatic heterocycles. The van der Waals surface area contributed by atoms with E-state index >= 15 is 0 Å². The minimum atomic E-state index is -0.486. The number of fused-ring (bicyclic) bond motifs is 1. The first kappa shape index (κ1) is 21.0. The van der Waals surface area contributed by atoms with Gasteiger partial charge in [-0.2, -0.15) is 0 Å². The van der Waals surface area contributed by atoms with Gasteiger partial charge in [-0.15, -0.1) is 0 Å². The number of ether oxygens (including phenoxy) is 1. The van der Waals surface area contributed by atoms with Crippen molar-refractivity contribution in [2.24, 2.45) is 11.8 Å². The molecule has 0 bridgehead atoms. The quantitative estimate of drug-likeness (QED) is 0.569. The number of hydrogen-bond acceptors (Lipinski definition) is 4. The second-order valence-corrected chi connectivity index (χ2v) is 8.66. The van der Waals surface area contributed by atoms with E-state index in [0.29, 0.717) is 17.4 Å². The SMILES string of the molecule is Cc1c(-c2ccccc2)nc2ccccc2c1C(=O)OCC(=O)N1C[C@H](C)C[C@H](C)C1. The van der Waals surface area contributed by atoms with Gasteiger partial charge in [0.05, 0.1) is 16.8 Å². The number of hydrogen-bond donors (Lipinski definition) is 0. The van der Waals surface area contributed by atoms with Crippen molar-refractivity contribution in [1.29, 1.82) is 0 Å². The molecular formula is C26H28N2O3. The van der Waals surface area contributed by atoms with Gasteiger partial charge in [0.25, 0.3) is 5.91 Å². The Labute approximate surface area is 183 Å². The van der Waals surface area contributed by atoms with Crippen LogP contribution in [0, 0.1) is 18.8 Å². The third kappa shape index (κ3) is 4.46. The van der Waals surface area contributed by atoms with Gasteiger partial charge >= 0.3 is 5.97 Å². The number of aromatic nitrogens is 1. The third-order valence-corrected chi connectivity index (χ3v) is 5.94. The largest absolute Gasteiger partial charge is 0.452 e. The van der Waals surface area contributed by atoms with Crippen LogP contribution in [-0.2, 0) is 9.53 Å². The summed E-state index contributed by atoms with van der Waals surface area (Å²) in [5, 5.41) is 0.734. The maximum Gasteiger partial charge on any atom is 0.339 e. The van der Waals surface area contributed by atoms with Crippen LogP contribution in [0.5, 0.6) is 0 Å². The summed E-state index contributed by atoms with van der Waals surface area (Å²) in [4.78, 5) is 32.5. The number of carbonyl (C=O) groups is 2. The van der Waals surface area contributed by atoms with E-state index in [1.54, 1.807) is 0 Å². The molecule has 2 atom stereocenters. The molecule has 0 N–H and O–H groups in total. The molecule has 160 valence electrons. The smallest absolute Gasteiger partial charge is 0.339 e. The predicted molar refractivity (Wildman–Crippen MR) is 122 cm³/mol. The molecular weight excluding hydrogens is 388 g/mol. The molecule has 0 unspecified atom stereocenters. The van der Waals surface area contributed by atoms with Gasteiger partial charge < -0.3 is 9.64 Å². The van der Waals surface area contributed by atoms with E-state index in [1.807, 2.05) is 66.4 Å². The summed E-state index contributed by atoms with van der Waals surface area (Å²) < 4.78 is 5.54. The second kappa shape index (κ2) is 8.88. The van der Waals surface area contributed by atoms with Crippen molar-refractivity contribution in [1.82, 2.24) is 9.88 Å². The number of para-hydroxylation sites is 1. The lowest BCUT2D eigenvalue weighted by atomic mass is 9.92. The highest BCUT2D eigenvalue weighted by Crippen LogP contribution is 2.30.